The third kappa shape index (κ3) is 3.49. The van der Waals surface area contributed by atoms with Gasteiger partial charge in [0.1, 0.15) is 5.82 Å². The summed E-state index contributed by atoms with van der Waals surface area (Å²) in [4.78, 5) is 7.90. The normalized spacial score (nSPS) is 11.7. The van der Waals surface area contributed by atoms with Crippen molar-refractivity contribution in [3.63, 3.8) is 0 Å². The minimum Gasteiger partial charge on any atom is -0.375 e. The first kappa shape index (κ1) is 15.5. The number of thiocarbonyl (C=S) groups is 1. The number of hydrogen-bond acceptors (Lipinski definition) is 3. The number of halogens is 1. The van der Waals surface area contributed by atoms with E-state index in [0.717, 1.165) is 33.7 Å². The molecule has 3 rings (SSSR count). The molecule has 0 saturated heterocycles. The Balaban J connectivity index is 1.96. The summed E-state index contributed by atoms with van der Waals surface area (Å²) in [5, 5.41) is 4.96. The quantitative estimate of drug-likeness (QED) is 0.386. The van der Waals surface area contributed by atoms with Gasteiger partial charge in [-0.15, -0.1) is 0 Å². The van der Waals surface area contributed by atoms with Gasteiger partial charge in [0.2, 0.25) is 0 Å². The van der Waals surface area contributed by atoms with Crippen LogP contribution in [0.25, 0.3) is 22.4 Å². The van der Waals surface area contributed by atoms with Gasteiger partial charge in [-0.2, -0.15) is 5.10 Å². The number of aromatic nitrogens is 2. The van der Waals surface area contributed by atoms with Crippen LogP contribution in [0.1, 0.15) is 12.5 Å². The Morgan fingerprint density at radius 1 is 1.26 bits per heavy atom. The van der Waals surface area contributed by atoms with Crippen molar-refractivity contribution in [2.45, 2.75) is 6.92 Å². The molecule has 0 spiro atoms. The molecule has 1 heterocycles. The van der Waals surface area contributed by atoms with Crippen LogP contribution in [0.15, 0.2) is 47.6 Å². The molecule has 1 aromatic heterocycles. The average Bonchev–Trinajstić information content (AvgIpc) is 2.96. The van der Waals surface area contributed by atoms with Crippen molar-refractivity contribution in [2.75, 3.05) is 0 Å². The van der Waals surface area contributed by atoms with E-state index in [-0.39, 0.29) is 5.11 Å². The Kier molecular flexibility index (Phi) is 4.27. The van der Waals surface area contributed by atoms with Crippen LogP contribution in [-0.2, 0) is 0 Å². The Morgan fingerprint density at radius 2 is 2.00 bits per heavy atom. The van der Waals surface area contributed by atoms with Crippen molar-refractivity contribution < 1.29 is 0 Å². The van der Waals surface area contributed by atoms with Crippen molar-refractivity contribution in [1.29, 1.82) is 0 Å². The SMILES string of the molecule is C/C(=N\NC(N)=S)c1ccc2nc(-c3ccc(Cl)cc3)[nH]c2c1. The lowest BCUT2D eigenvalue weighted by molar-refractivity contribution is 1.03. The molecule has 4 N–H and O–H groups in total. The summed E-state index contributed by atoms with van der Waals surface area (Å²) in [5.41, 5.74) is 12.5. The van der Waals surface area contributed by atoms with E-state index in [1.165, 1.54) is 0 Å². The van der Waals surface area contributed by atoms with Gasteiger partial charge in [-0.05, 0) is 61.1 Å². The Morgan fingerprint density at radius 3 is 2.70 bits per heavy atom. The zero-order valence-electron chi connectivity index (χ0n) is 12.3. The van der Waals surface area contributed by atoms with Crippen molar-refractivity contribution in [3.8, 4) is 11.4 Å². The van der Waals surface area contributed by atoms with Gasteiger partial charge in [-0.3, -0.25) is 5.43 Å². The number of hydrogen-bond donors (Lipinski definition) is 3. The molecular weight excluding hydrogens is 330 g/mol. The van der Waals surface area contributed by atoms with Gasteiger partial charge < -0.3 is 10.7 Å². The summed E-state index contributed by atoms with van der Waals surface area (Å²) < 4.78 is 0. The third-order valence-corrected chi connectivity index (χ3v) is 3.69. The molecule has 0 fully saturated rings. The fourth-order valence-corrected chi connectivity index (χ4v) is 2.35. The first-order chi connectivity index (χ1) is 11.0. The molecule has 5 nitrogen and oxygen atoms in total. The Bertz CT molecular complexity index is 898. The van der Waals surface area contributed by atoms with Gasteiger partial charge >= 0.3 is 0 Å². The Hall–Kier alpha value is -2.44. The molecular formula is C16H14ClN5S. The number of hydrazone groups is 1. The van der Waals surface area contributed by atoms with Crippen LogP contribution in [0.3, 0.4) is 0 Å². The molecule has 2 aromatic carbocycles. The molecule has 0 aliphatic heterocycles. The second kappa shape index (κ2) is 6.36. The predicted octanol–water partition coefficient (Wildman–Crippen LogP) is 3.44. The van der Waals surface area contributed by atoms with Crippen LogP contribution in [0.5, 0.6) is 0 Å². The summed E-state index contributed by atoms with van der Waals surface area (Å²) in [7, 11) is 0. The number of nitrogens with two attached hydrogens (primary N) is 1. The van der Waals surface area contributed by atoms with E-state index in [0.29, 0.717) is 5.02 Å². The number of fused-ring (bicyclic) bond motifs is 1. The number of nitrogens with one attached hydrogen (secondary N) is 2. The van der Waals surface area contributed by atoms with Gasteiger partial charge in [0.25, 0.3) is 0 Å². The lowest BCUT2D eigenvalue weighted by Gasteiger charge is -2.01. The van der Waals surface area contributed by atoms with Crippen LogP contribution in [0, 0.1) is 0 Å². The maximum atomic E-state index is 5.92. The van der Waals surface area contributed by atoms with E-state index in [1.54, 1.807) is 0 Å². The number of rotatable bonds is 3. The molecule has 7 heteroatoms. The van der Waals surface area contributed by atoms with Gasteiger partial charge in [-0.25, -0.2) is 4.98 Å². The number of H-pyrrole nitrogens is 1. The van der Waals surface area contributed by atoms with E-state index in [9.17, 15) is 0 Å². The van der Waals surface area contributed by atoms with Crippen molar-refractivity contribution in [1.82, 2.24) is 15.4 Å². The lowest BCUT2D eigenvalue weighted by Crippen LogP contribution is -2.25. The van der Waals surface area contributed by atoms with E-state index in [1.807, 2.05) is 49.4 Å². The molecule has 0 aliphatic rings. The average molecular weight is 344 g/mol. The molecule has 0 saturated carbocycles. The minimum atomic E-state index is 0.136. The first-order valence-corrected chi connectivity index (χ1v) is 7.67. The fraction of sp³-hybridized carbons (Fsp3) is 0.0625. The first-order valence-electron chi connectivity index (χ1n) is 6.89. The standard InChI is InChI=1S/C16H14ClN5S/c1-9(21-22-16(18)23)11-4-7-13-14(8-11)20-15(19-13)10-2-5-12(17)6-3-10/h2-8H,1H3,(H,19,20)(H3,18,22,23)/b21-9+. The van der Waals surface area contributed by atoms with Crippen molar-refractivity contribution in [2.24, 2.45) is 10.8 Å². The minimum absolute atomic E-state index is 0.136. The maximum absolute atomic E-state index is 5.92. The molecule has 0 bridgehead atoms. The lowest BCUT2D eigenvalue weighted by atomic mass is 10.1. The zero-order chi connectivity index (χ0) is 16.4. The molecule has 0 radical (unpaired) electrons. The Labute approximate surface area is 143 Å². The van der Waals surface area contributed by atoms with E-state index in [2.05, 4.69) is 20.5 Å². The van der Waals surface area contributed by atoms with Gasteiger partial charge in [0.05, 0.1) is 16.7 Å². The topological polar surface area (TPSA) is 79.1 Å². The fourth-order valence-electron chi connectivity index (χ4n) is 2.18. The van der Waals surface area contributed by atoms with Crippen LogP contribution in [-0.4, -0.2) is 20.8 Å². The van der Waals surface area contributed by atoms with Crippen molar-refractivity contribution in [3.05, 3.63) is 53.1 Å². The largest absolute Gasteiger partial charge is 0.375 e. The summed E-state index contributed by atoms with van der Waals surface area (Å²) in [6, 6.07) is 13.4. The number of benzene rings is 2. The summed E-state index contributed by atoms with van der Waals surface area (Å²) in [6.45, 7) is 1.88. The smallest absolute Gasteiger partial charge is 0.184 e. The zero-order valence-corrected chi connectivity index (χ0v) is 13.9. The third-order valence-electron chi connectivity index (χ3n) is 3.35. The van der Waals surface area contributed by atoms with Gasteiger partial charge in [-0.1, -0.05) is 17.7 Å². The second-order valence-corrected chi connectivity index (χ2v) is 5.87. The van der Waals surface area contributed by atoms with Crippen LogP contribution >= 0.6 is 23.8 Å². The number of imidazole rings is 1. The monoisotopic (exact) mass is 343 g/mol. The highest BCUT2D eigenvalue weighted by molar-refractivity contribution is 7.80. The highest BCUT2D eigenvalue weighted by atomic mass is 35.5. The molecule has 0 atom stereocenters. The second-order valence-electron chi connectivity index (χ2n) is 5.00. The predicted molar refractivity (Wildman–Crippen MR) is 98.7 cm³/mol. The molecule has 3 aromatic rings. The van der Waals surface area contributed by atoms with Gasteiger partial charge in [0, 0.05) is 10.6 Å². The van der Waals surface area contributed by atoms with Crippen LogP contribution < -0.4 is 11.2 Å². The van der Waals surface area contributed by atoms with E-state index < -0.39 is 0 Å². The van der Waals surface area contributed by atoms with E-state index in [4.69, 9.17) is 29.6 Å². The highest BCUT2D eigenvalue weighted by Gasteiger charge is 2.07. The van der Waals surface area contributed by atoms with E-state index >= 15 is 0 Å². The summed E-state index contributed by atoms with van der Waals surface area (Å²) in [5.74, 6) is 0.796. The van der Waals surface area contributed by atoms with Gasteiger partial charge in [0.15, 0.2) is 5.11 Å². The molecule has 0 unspecified atom stereocenters. The number of nitrogens with zero attached hydrogens (tertiary/aromatic N) is 2. The molecule has 0 amide bonds. The number of aromatic amines is 1. The maximum Gasteiger partial charge on any atom is 0.184 e. The summed E-state index contributed by atoms with van der Waals surface area (Å²) in [6.07, 6.45) is 0. The molecule has 116 valence electrons. The summed E-state index contributed by atoms with van der Waals surface area (Å²) >= 11 is 10.7. The highest BCUT2D eigenvalue weighted by Crippen LogP contribution is 2.23. The van der Waals surface area contributed by atoms with Crippen LogP contribution in [0.4, 0.5) is 0 Å². The van der Waals surface area contributed by atoms with Crippen molar-refractivity contribution >= 4 is 45.7 Å². The van der Waals surface area contributed by atoms with Crippen LogP contribution in [0.2, 0.25) is 5.02 Å². The molecule has 0 aliphatic carbocycles. The molecule has 23 heavy (non-hydrogen) atoms.